The predicted molar refractivity (Wildman–Crippen MR) is 92.3 cm³/mol. The van der Waals surface area contributed by atoms with E-state index < -0.39 is 10.0 Å². The molecule has 0 radical (unpaired) electrons. The van der Waals surface area contributed by atoms with Crippen LogP contribution in [0.1, 0.15) is 35.7 Å². The third-order valence-electron chi connectivity index (χ3n) is 3.47. The molecule has 1 rings (SSSR count). The molecule has 0 heterocycles. The van der Waals surface area contributed by atoms with Crippen molar-refractivity contribution in [2.45, 2.75) is 31.6 Å². The third kappa shape index (κ3) is 5.61. The number of amides is 2. The largest absolute Gasteiger partial charge is 0.356 e. The summed E-state index contributed by atoms with van der Waals surface area (Å²) in [7, 11) is -0.681. The first-order valence-corrected chi connectivity index (χ1v) is 9.16. The highest BCUT2D eigenvalue weighted by atomic mass is 32.2. The summed E-state index contributed by atoms with van der Waals surface area (Å²) in [6.07, 6.45) is 1.48. The summed E-state index contributed by atoms with van der Waals surface area (Å²) in [5.41, 5.74) is 0.901. The van der Waals surface area contributed by atoms with Crippen molar-refractivity contribution in [1.29, 1.82) is 0 Å². The molecule has 0 atom stereocenters. The Bertz CT molecular complexity index is 699. The Morgan fingerprint density at radius 2 is 1.67 bits per heavy atom. The minimum Gasteiger partial charge on any atom is -0.356 e. The van der Waals surface area contributed by atoms with Crippen molar-refractivity contribution in [1.82, 2.24) is 14.9 Å². The van der Waals surface area contributed by atoms with E-state index in [1.165, 1.54) is 27.1 Å². The van der Waals surface area contributed by atoms with Crippen LogP contribution in [0.5, 0.6) is 0 Å². The van der Waals surface area contributed by atoms with Gasteiger partial charge in [0.05, 0.1) is 4.90 Å². The molecule has 0 aromatic heterocycles. The number of rotatable bonds is 8. The Balaban J connectivity index is 2.68. The highest BCUT2D eigenvalue weighted by molar-refractivity contribution is 7.89. The van der Waals surface area contributed by atoms with Crippen LogP contribution in [0.25, 0.3) is 0 Å². The summed E-state index contributed by atoms with van der Waals surface area (Å²) < 4.78 is 25.7. The number of nitrogens with one attached hydrogen (secondary N) is 2. The minimum absolute atomic E-state index is 0.0756. The van der Waals surface area contributed by atoms with Gasteiger partial charge in [-0.1, -0.05) is 6.07 Å². The molecule has 24 heavy (non-hydrogen) atoms. The van der Waals surface area contributed by atoms with Gasteiger partial charge in [0.2, 0.25) is 15.9 Å². The van der Waals surface area contributed by atoms with E-state index in [0.29, 0.717) is 24.2 Å². The second-order valence-electron chi connectivity index (χ2n) is 5.71. The zero-order chi connectivity index (χ0) is 18.3. The Morgan fingerprint density at radius 1 is 1.08 bits per heavy atom. The van der Waals surface area contributed by atoms with Gasteiger partial charge in [0.1, 0.15) is 0 Å². The molecular weight excluding hydrogens is 330 g/mol. The first kappa shape index (κ1) is 20.1. The molecule has 0 saturated carbocycles. The Kier molecular flexibility index (Phi) is 7.37. The standard InChI is InChI=1S/C16H25N3O4S/c1-12-7-8-14(11-15(12)24(22,23)19(3)4)16(21)18-10-6-5-9-17-13(2)20/h7-8,11H,5-6,9-10H2,1-4H3,(H,17,20)(H,18,21). The highest BCUT2D eigenvalue weighted by Gasteiger charge is 2.21. The molecule has 0 fully saturated rings. The van der Waals surface area contributed by atoms with Crippen LogP contribution in [0, 0.1) is 6.92 Å². The Labute approximate surface area is 143 Å². The van der Waals surface area contributed by atoms with Gasteiger partial charge in [-0.15, -0.1) is 0 Å². The van der Waals surface area contributed by atoms with E-state index in [1.54, 1.807) is 19.1 Å². The number of benzene rings is 1. The molecule has 0 spiro atoms. The molecule has 2 amide bonds. The topological polar surface area (TPSA) is 95.6 Å². The van der Waals surface area contributed by atoms with Crippen molar-refractivity contribution in [2.24, 2.45) is 0 Å². The van der Waals surface area contributed by atoms with Crippen molar-refractivity contribution in [2.75, 3.05) is 27.2 Å². The third-order valence-corrected chi connectivity index (χ3v) is 5.43. The molecule has 134 valence electrons. The fourth-order valence-electron chi connectivity index (χ4n) is 2.03. The number of hydrogen-bond donors (Lipinski definition) is 2. The van der Waals surface area contributed by atoms with Gasteiger partial charge in [-0.25, -0.2) is 12.7 Å². The van der Waals surface area contributed by atoms with Crippen molar-refractivity contribution in [3.63, 3.8) is 0 Å². The first-order valence-electron chi connectivity index (χ1n) is 7.72. The molecule has 0 aliphatic heterocycles. The zero-order valence-electron chi connectivity index (χ0n) is 14.5. The van der Waals surface area contributed by atoms with Crippen LogP contribution in [0.15, 0.2) is 23.1 Å². The molecule has 7 nitrogen and oxygen atoms in total. The summed E-state index contributed by atoms with van der Waals surface area (Å²) in [5, 5.41) is 5.44. The quantitative estimate of drug-likeness (QED) is 0.677. The number of unbranched alkanes of at least 4 members (excludes halogenated alkanes) is 1. The summed E-state index contributed by atoms with van der Waals surface area (Å²) in [5.74, 6) is -0.391. The van der Waals surface area contributed by atoms with E-state index in [0.717, 1.165) is 17.1 Å². The SMILES string of the molecule is CC(=O)NCCCCNC(=O)c1ccc(C)c(S(=O)(=O)N(C)C)c1. The van der Waals surface area contributed by atoms with E-state index in [9.17, 15) is 18.0 Å². The molecule has 0 aliphatic rings. The average molecular weight is 355 g/mol. The van der Waals surface area contributed by atoms with Gasteiger partial charge >= 0.3 is 0 Å². The van der Waals surface area contributed by atoms with Crippen LogP contribution in [-0.2, 0) is 14.8 Å². The van der Waals surface area contributed by atoms with E-state index in [2.05, 4.69) is 10.6 Å². The van der Waals surface area contributed by atoms with Crippen molar-refractivity contribution < 1.29 is 18.0 Å². The van der Waals surface area contributed by atoms with Crippen molar-refractivity contribution >= 4 is 21.8 Å². The lowest BCUT2D eigenvalue weighted by Gasteiger charge is -2.14. The summed E-state index contributed by atoms with van der Waals surface area (Å²) in [6.45, 7) is 4.18. The molecule has 8 heteroatoms. The lowest BCUT2D eigenvalue weighted by molar-refractivity contribution is -0.118. The summed E-state index contributed by atoms with van der Waals surface area (Å²) in [4.78, 5) is 23.0. The number of carbonyl (C=O) groups excluding carboxylic acids is 2. The van der Waals surface area contributed by atoms with Gasteiger partial charge in [0.25, 0.3) is 5.91 Å². The Morgan fingerprint density at radius 3 is 2.21 bits per heavy atom. The predicted octanol–water partition coefficient (Wildman–Crippen LogP) is 0.891. The van der Waals surface area contributed by atoms with Gasteiger partial charge in [-0.05, 0) is 37.5 Å². The van der Waals surface area contributed by atoms with Crippen LogP contribution >= 0.6 is 0 Å². The van der Waals surface area contributed by atoms with Gasteiger partial charge in [-0.2, -0.15) is 0 Å². The molecule has 1 aromatic carbocycles. The fraction of sp³-hybridized carbons (Fsp3) is 0.500. The second kappa shape index (κ2) is 8.79. The maximum atomic E-state index is 12.3. The molecule has 0 unspecified atom stereocenters. The second-order valence-corrected chi connectivity index (χ2v) is 7.83. The van der Waals surface area contributed by atoms with E-state index in [-0.39, 0.29) is 16.7 Å². The summed E-state index contributed by atoms with van der Waals surface area (Å²) in [6, 6.07) is 4.63. The number of carbonyl (C=O) groups is 2. The van der Waals surface area contributed by atoms with Crippen LogP contribution in [0.4, 0.5) is 0 Å². The normalized spacial score (nSPS) is 11.4. The van der Waals surface area contributed by atoms with Crippen LogP contribution in [-0.4, -0.2) is 51.7 Å². The number of sulfonamides is 1. The monoisotopic (exact) mass is 355 g/mol. The number of hydrogen-bond acceptors (Lipinski definition) is 4. The van der Waals surface area contributed by atoms with Gasteiger partial charge in [0.15, 0.2) is 0 Å². The molecule has 0 saturated heterocycles. The van der Waals surface area contributed by atoms with Gasteiger partial charge < -0.3 is 10.6 Å². The molecule has 2 N–H and O–H groups in total. The number of nitrogens with zero attached hydrogens (tertiary/aromatic N) is 1. The van der Waals surface area contributed by atoms with Gasteiger partial charge in [-0.3, -0.25) is 9.59 Å². The zero-order valence-corrected chi connectivity index (χ0v) is 15.4. The number of aryl methyl sites for hydroxylation is 1. The van der Waals surface area contributed by atoms with E-state index >= 15 is 0 Å². The molecular formula is C16H25N3O4S. The van der Waals surface area contributed by atoms with Crippen molar-refractivity contribution in [3.8, 4) is 0 Å². The molecule has 1 aromatic rings. The van der Waals surface area contributed by atoms with Crippen molar-refractivity contribution in [3.05, 3.63) is 29.3 Å². The van der Waals surface area contributed by atoms with Crippen LogP contribution in [0.3, 0.4) is 0 Å². The molecule has 0 aliphatic carbocycles. The maximum Gasteiger partial charge on any atom is 0.251 e. The first-order chi connectivity index (χ1) is 11.2. The average Bonchev–Trinajstić information content (AvgIpc) is 2.50. The molecule has 0 bridgehead atoms. The lowest BCUT2D eigenvalue weighted by Crippen LogP contribution is -2.27. The Hall–Kier alpha value is -1.93. The van der Waals surface area contributed by atoms with E-state index in [1.807, 2.05) is 0 Å². The van der Waals surface area contributed by atoms with Crippen LogP contribution < -0.4 is 10.6 Å². The smallest absolute Gasteiger partial charge is 0.251 e. The van der Waals surface area contributed by atoms with Gasteiger partial charge in [0, 0.05) is 39.7 Å². The highest BCUT2D eigenvalue weighted by Crippen LogP contribution is 2.19. The lowest BCUT2D eigenvalue weighted by atomic mass is 10.1. The van der Waals surface area contributed by atoms with Crippen LogP contribution in [0.2, 0.25) is 0 Å². The fourth-order valence-corrected chi connectivity index (χ4v) is 3.18. The minimum atomic E-state index is -3.59. The summed E-state index contributed by atoms with van der Waals surface area (Å²) >= 11 is 0. The maximum absolute atomic E-state index is 12.3. The van der Waals surface area contributed by atoms with E-state index in [4.69, 9.17) is 0 Å².